The zero-order valence-corrected chi connectivity index (χ0v) is 19.7. The van der Waals surface area contributed by atoms with Gasteiger partial charge in [0.2, 0.25) is 10.0 Å². The normalized spacial score (nSPS) is 14.5. The van der Waals surface area contributed by atoms with Gasteiger partial charge in [0.1, 0.15) is 16.4 Å². The predicted octanol–water partition coefficient (Wildman–Crippen LogP) is 1.92. The van der Waals surface area contributed by atoms with E-state index in [1.54, 1.807) is 24.3 Å². The molecular weight excluding hydrogens is 464 g/mol. The van der Waals surface area contributed by atoms with Gasteiger partial charge >= 0.3 is 5.97 Å². The van der Waals surface area contributed by atoms with Crippen LogP contribution < -0.4 is 14.8 Å². The topological polar surface area (TPSA) is 120 Å². The van der Waals surface area contributed by atoms with Gasteiger partial charge in [-0.25, -0.2) is 13.2 Å². The predicted molar refractivity (Wildman–Crippen MR) is 124 cm³/mol. The zero-order valence-electron chi connectivity index (χ0n) is 18.9. The number of para-hydroxylation sites is 1. The SMILES string of the molecule is COc1ccccc1/C=C/C(=O)OCC(=O)Nc1ccc(OC)c(S(=O)(=O)N2CCOCC2)c1. The summed E-state index contributed by atoms with van der Waals surface area (Å²) in [5.74, 6) is -0.602. The Morgan fingerprint density at radius 2 is 1.76 bits per heavy atom. The molecule has 34 heavy (non-hydrogen) atoms. The third-order valence-electron chi connectivity index (χ3n) is 4.92. The van der Waals surface area contributed by atoms with Gasteiger partial charge in [0.15, 0.2) is 6.61 Å². The van der Waals surface area contributed by atoms with Crippen molar-refractivity contribution in [2.75, 3.05) is 52.4 Å². The summed E-state index contributed by atoms with van der Waals surface area (Å²) >= 11 is 0. The number of morpholine rings is 1. The minimum absolute atomic E-state index is 0.0774. The van der Waals surface area contributed by atoms with Crippen molar-refractivity contribution in [3.8, 4) is 11.5 Å². The van der Waals surface area contributed by atoms with E-state index < -0.39 is 28.5 Å². The van der Waals surface area contributed by atoms with Gasteiger partial charge in [-0.05, 0) is 30.3 Å². The zero-order chi connectivity index (χ0) is 24.6. The van der Waals surface area contributed by atoms with Gasteiger partial charge in [-0.3, -0.25) is 4.79 Å². The van der Waals surface area contributed by atoms with Crippen LogP contribution in [0, 0.1) is 0 Å². The Balaban J connectivity index is 1.63. The number of ether oxygens (including phenoxy) is 4. The number of nitrogens with zero attached hydrogens (tertiary/aromatic N) is 1. The lowest BCUT2D eigenvalue weighted by Crippen LogP contribution is -2.40. The average Bonchev–Trinajstić information content (AvgIpc) is 2.86. The molecule has 1 N–H and O–H groups in total. The van der Waals surface area contributed by atoms with Crippen molar-refractivity contribution < 1.29 is 37.0 Å². The maximum atomic E-state index is 13.0. The second-order valence-corrected chi connectivity index (χ2v) is 9.02. The molecule has 1 aliphatic heterocycles. The number of carbonyl (C=O) groups is 2. The molecule has 0 aliphatic carbocycles. The van der Waals surface area contributed by atoms with Crippen LogP contribution in [0.3, 0.4) is 0 Å². The van der Waals surface area contributed by atoms with Crippen LogP contribution in [0.1, 0.15) is 5.56 Å². The number of hydrogen-bond acceptors (Lipinski definition) is 8. The molecule has 0 spiro atoms. The molecule has 3 rings (SSSR count). The summed E-state index contributed by atoms with van der Waals surface area (Å²) in [5, 5.41) is 2.53. The number of methoxy groups -OCH3 is 2. The lowest BCUT2D eigenvalue weighted by atomic mass is 10.2. The number of hydrogen-bond donors (Lipinski definition) is 1. The van der Waals surface area contributed by atoms with Crippen LogP contribution in [-0.2, 0) is 29.1 Å². The number of esters is 1. The molecule has 0 unspecified atom stereocenters. The Morgan fingerprint density at radius 3 is 2.47 bits per heavy atom. The van der Waals surface area contributed by atoms with Crippen molar-refractivity contribution >= 4 is 33.7 Å². The summed E-state index contributed by atoms with van der Waals surface area (Å²) in [4.78, 5) is 24.2. The molecule has 0 saturated carbocycles. The van der Waals surface area contributed by atoms with E-state index in [0.29, 0.717) is 24.5 Å². The first kappa shape index (κ1) is 25.2. The molecule has 0 atom stereocenters. The minimum Gasteiger partial charge on any atom is -0.496 e. The molecular formula is C23H26N2O8S. The molecule has 0 aromatic heterocycles. The fourth-order valence-corrected chi connectivity index (χ4v) is 4.82. The Morgan fingerprint density at radius 1 is 1.06 bits per heavy atom. The highest BCUT2D eigenvalue weighted by molar-refractivity contribution is 7.89. The molecule has 2 aromatic rings. The highest BCUT2D eigenvalue weighted by Gasteiger charge is 2.29. The standard InChI is InChI=1S/C23H26N2O8S/c1-30-19-6-4-3-5-17(19)7-10-23(27)33-16-22(26)24-18-8-9-20(31-2)21(15-18)34(28,29)25-11-13-32-14-12-25/h3-10,15H,11-14,16H2,1-2H3,(H,24,26)/b10-7+. The number of anilines is 1. The maximum absolute atomic E-state index is 13.0. The van der Waals surface area contributed by atoms with Gasteiger partial charge in [0.25, 0.3) is 5.91 Å². The molecule has 1 amide bonds. The molecule has 1 heterocycles. The van der Waals surface area contributed by atoms with Crippen molar-refractivity contribution in [1.82, 2.24) is 4.31 Å². The third kappa shape index (κ3) is 6.34. The summed E-state index contributed by atoms with van der Waals surface area (Å²) in [6, 6.07) is 11.4. The fraction of sp³-hybridized carbons (Fsp3) is 0.304. The Bertz CT molecular complexity index is 1160. The first-order chi connectivity index (χ1) is 16.3. The van der Waals surface area contributed by atoms with Crippen LogP contribution in [-0.4, -0.2) is 71.7 Å². The monoisotopic (exact) mass is 490 g/mol. The number of amides is 1. The van der Waals surface area contributed by atoms with Crippen LogP contribution in [0.5, 0.6) is 11.5 Å². The molecule has 1 aliphatic rings. The third-order valence-corrected chi connectivity index (χ3v) is 6.84. The molecule has 1 fully saturated rings. The summed E-state index contributed by atoms with van der Waals surface area (Å²) in [5.41, 5.74) is 0.900. The van der Waals surface area contributed by atoms with Crippen LogP contribution in [0.4, 0.5) is 5.69 Å². The van der Waals surface area contributed by atoms with E-state index in [0.717, 1.165) is 0 Å². The first-order valence-electron chi connectivity index (χ1n) is 10.4. The molecule has 182 valence electrons. The number of benzene rings is 2. The van der Waals surface area contributed by atoms with Crippen LogP contribution in [0.25, 0.3) is 6.08 Å². The van der Waals surface area contributed by atoms with Gasteiger partial charge in [0.05, 0.1) is 27.4 Å². The molecule has 0 bridgehead atoms. The van der Waals surface area contributed by atoms with Gasteiger partial charge in [-0.15, -0.1) is 0 Å². The fourth-order valence-electron chi connectivity index (χ4n) is 3.23. The van der Waals surface area contributed by atoms with Gasteiger partial charge in [-0.1, -0.05) is 18.2 Å². The van der Waals surface area contributed by atoms with E-state index >= 15 is 0 Å². The summed E-state index contributed by atoms with van der Waals surface area (Å²) < 4.78 is 48.0. The number of sulfonamides is 1. The minimum atomic E-state index is -3.86. The molecule has 2 aromatic carbocycles. The number of rotatable bonds is 9. The van der Waals surface area contributed by atoms with Crippen molar-refractivity contribution in [2.45, 2.75) is 4.90 Å². The highest BCUT2D eigenvalue weighted by atomic mass is 32.2. The van der Waals surface area contributed by atoms with Crippen molar-refractivity contribution in [2.24, 2.45) is 0 Å². The number of carbonyl (C=O) groups excluding carboxylic acids is 2. The van der Waals surface area contributed by atoms with Gasteiger partial charge < -0.3 is 24.3 Å². The Hall–Kier alpha value is -3.41. The van der Waals surface area contributed by atoms with E-state index in [2.05, 4.69) is 5.32 Å². The molecule has 0 radical (unpaired) electrons. The lowest BCUT2D eigenvalue weighted by Gasteiger charge is -2.26. The quantitative estimate of drug-likeness (QED) is 0.418. The second-order valence-electron chi connectivity index (χ2n) is 7.11. The van der Waals surface area contributed by atoms with E-state index in [4.69, 9.17) is 18.9 Å². The van der Waals surface area contributed by atoms with E-state index in [-0.39, 0.29) is 29.4 Å². The van der Waals surface area contributed by atoms with Crippen molar-refractivity contribution in [3.05, 3.63) is 54.1 Å². The van der Waals surface area contributed by atoms with E-state index in [1.165, 1.54) is 48.9 Å². The Labute approximate surface area is 198 Å². The summed E-state index contributed by atoms with van der Waals surface area (Å²) in [7, 11) is -0.971. The van der Waals surface area contributed by atoms with Crippen molar-refractivity contribution in [3.63, 3.8) is 0 Å². The summed E-state index contributed by atoms with van der Waals surface area (Å²) in [6.45, 7) is 0.497. The largest absolute Gasteiger partial charge is 0.496 e. The Kier molecular flexibility index (Phi) is 8.63. The van der Waals surface area contributed by atoms with Crippen LogP contribution in [0.2, 0.25) is 0 Å². The van der Waals surface area contributed by atoms with E-state index in [9.17, 15) is 18.0 Å². The van der Waals surface area contributed by atoms with Crippen LogP contribution >= 0.6 is 0 Å². The van der Waals surface area contributed by atoms with Crippen molar-refractivity contribution in [1.29, 1.82) is 0 Å². The van der Waals surface area contributed by atoms with E-state index in [1.807, 2.05) is 0 Å². The summed E-state index contributed by atoms with van der Waals surface area (Å²) in [6.07, 6.45) is 2.71. The molecule has 11 heteroatoms. The number of nitrogens with one attached hydrogen (secondary N) is 1. The second kappa shape index (κ2) is 11.6. The average molecular weight is 491 g/mol. The lowest BCUT2D eigenvalue weighted by molar-refractivity contribution is -0.142. The molecule has 1 saturated heterocycles. The van der Waals surface area contributed by atoms with Gasteiger partial charge in [-0.2, -0.15) is 4.31 Å². The smallest absolute Gasteiger partial charge is 0.331 e. The maximum Gasteiger partial charge on any atom is 0.331 e. The van der Waals surface area contributed by atoms with Crippen LogP contribution in [0.15, 0.2) is 53.4 Å². The van der Waals surface area contributed by atoms with Gasteiger partial charge in [0, 0.05) is 30.4 Å². The molecule has 10 nitrogen and oxygen atoms in total. The first-order valence-corrected chi connectivity index (χ1v) is 11.8. The highest BCUT2D eigenvalue weighted by Crippen LogP contribution is 2.30.